The molecule has 2 N–H and O–H groups in total. The van der Waals surface area contributed by atoms with Gasteiger partial charge in [0.25, 0.3) is 5.91 Å². The zero-order chi connectivity index (χ0) is 14.7. The molecule has 1 fully saturated rings. The number of carbonyl (C=O) groups excluding carboxylic acids is 1. The number of hydrogen-bond donors (Lipinski definition) is 2. The van der Waals surface area contributed by atoms with Gasteiger partial charge in [0.2, 0.25) is 0 Å². The maximum absolute atomic E-state index is 12.3. The number of carboxylic acids is 1. The number of pyridine rings is 1. The third kappa shape index (κ3) is 3.15. The Kier molecular flexibility index (Phi) is 4.37. The van der Waals surface area contributed by atoms with Gasteiger partial charge < -0.3 is 10.4 Å². The molecule has 0 aliphatic heterocycles. The predicted octanol–water partition coefficient (Wildman–Crippen LogP) is 2.07. The number of hydrogen-bond acceptors (Lipinski definition) is 3. The molecular formula is C15H20N2O3. The summed E-state index contributed by atoms with van der Waals surface area (Å²) in [7, 11) is 0. The normalized spacial score (nSPS) is 22.3. The van der Waals surface area contributed by atoms with Crippen molar-refractivity contribution in [2.75, 3.05) is 0 Å². The van der Waals surface area contributed by atoms with Crippen LogP contribution >= 0.6 is 0 Å². The monoisotopic (exact) mass is 276 g/mol. The van der Waals surface area contributed by atoms with Crippen LogP contribution in [0.4, 0.5) is 0 Å². The van der Waals surface area contributed by atoms with Crippen LogP contribution in [0.25, 0.3) is 0 Å². The van der Waals surface area contributed by atoms with Crippen LogP contribution in [0.15, 0.2) is 12.1 Å². The second-order valence-corrected chi connectivity index (χ2v) is 5.39. The standard InChI is InChI=1S/C15H20N2O3/c1-9-7-8-11(10(2)16-9)14(18)17-13-6-4-3-5-12(13)15(19)20/h7-8,12-13H,3-6H2,1-2H3,(H,17,18)(H,19,20). The van der Waals surface area contributed by atoms with Gasteiger partial charge in [-0.05, 0) is 38.8 Å². The van der Waals surface area contributed by atoms with E-state index >= 15 is 0 Å². The minimum Gasteiger partial charge on any atom is -0.481 e. The molecule has 0 bridgehead atoms. The van der Waals surface area contributed by atoms with Crippen LogP contribution in [0.3, 0.4) is 0 Å². The summed E-state index contributed by atoms with van der Waals surface area (Å²) in [6.07, 6.45) is 3.22. The van der Waals surface area contributed by atoms with Crippen molar-refractivity contribution in [1.29, 1.82) is 0 Å². The molecule has 1 heterocycles. The van der Waals surface area contributed by atoms with Crippen LogP contribution in [0.2, 0.25) is 0 Å². The lowest BCUT2D eigenvalue weighted by Gasteiger charge is -2.29. The average Bonchev–Trinajstić information content (AvgIpc) is 2.38. The van der Waals surface area contributed by atoms with E-state index in [9.17, 15) is 14.7 Å². The summed E-state index contributed by atoms with van der Waals surface area (Å²) in [5, 5.41) is 12.1. The first-order valence-corrected chi connectivity index (χ1v) is 6.97. The highest BCUT2D eigenvalue weighted by Crippen LogP contribution is 2.25. The fourth-order valence-corrected chi connectivity index (χ4v) is 2.77. The number of aromatic nitrogens is 1. The van der Waals surface area contributed by atoms with Gasteiger partial charge in [-0.15, -0.1) is 0 Å². The van der Waals surface area contributed by atoms with Crippen molar-refractivity contribution in [3.63, 3.8) is 0 Å². The molecule has 2 atom stereocenters. The summed E-state index contributed by atoms with van der Waals surface area (Å²) in [5.41, 5.74) is 2.05. The van der Waals surface area contributed by atoms with Crippen molar-refractivity contribution in [1.82, 2.24) is 10.3 Å². The Morgan fingerprint density at radius 3 is 2.60 bits per heavy atom. The average molecular weight is 276 g/mol. The maximum atomic E-state index is 12.3. The first-order valence-electron chi connectivity index (χ1n) is 6.97. The van der Waals surface area contributed by atoms with Crippen molar-refractivity contribution in [2.24, 2.45) is 5.92 Å². The molecule has 0 radical (unpaired) electrons. The van der Waals surface area contributed by atoms with E-state index in [-0.39, 0.29) is 11.9 Å². The molecule has 2 rings (SSSR count). The van der Waals surface area contributed by atoms with E-state index in [1.165, 1.54) is 0 Å². The molecule has 2 unspecified atom stereocenters. The van der Waals surface area contributed by atoms with Crippen LogP contribution in [-0.4, -0.2) is 28.0 Å². The second-order valence-electron chi connectivity index (χ2n) is 5.39. The number of carboxylic acid groups (broad SMARTS) is 1. The topological polar surface area (TPSA) is 79.3 Å². The Balaban J connectivity index is 2.11. The van der Waals surface area contributed by atoms with Crippen molar-refractivity contribution >= 4 is 11.9 Å². The van der Waals surface area contributed by atoms with Crippen molar-refractivity contribution < 1.29 is 14.7 Å². The fourth-order valence-electron chi connectivity index (χ4n) is 2.77. The van der Waals surface area contributed by atoms with E-state index < -0.39 is 11.9 Å². The first kappa shape index (κ1) is 14.5. The molecule has 1 aliphatic carbocycles. The van der Waals surface area contributed by atoms with Gasteiger partial charge in [-0.25, -0.2) is 0 Å². The Morgan fingerprint density at radius 1 is 1.25 bits per heavy atom. The molecule has 0 aromatic carbocycles. The molecule has 0 spiro atoms. The Hall–Kier alpha value is -1.91. The molecule has 108 valence electrons. The van der Waals surface area contributed by atoms with Gasteiger partial charge >= 0.3 is 5.97 Å². The van der Waals surface area contributed by atoms with E-state index in [2.05, 4.69) is 10.3 Å². The molecule has 1 aromatic heterocycles. The largest absolute Gasteiger partial charge is 0.481 e. The highest BCUT2D eigenvalue weighted by molar-refractivity contribution is 5.95. The number of nitrogens with one attached hydrogen (secondary N) is 1. The van der Waals surface area contributed by atoms with Crippen molar-refractivity contribution in [3.05, 3.63) is 29.1 Å². The molecule has 1 aliphatic rings. The lowest BCUT2D eigenvalue weighted by molar-refractivity contribution is -0.143. The minimum atomic E-state index is -0.825. The summed E-state index contributed by atoms with van der Waals surface area (Å²) in [6, 6.07) is 3.25. The summed E-state index contributed by atoms with van der Waals surface area (Å²) >= 11 is 0. The van der Waals surface area contributed by atoms with Gasteiger partial charge in [0.15, 0.2) is 0 Å². The van der Waals surface area contributed by atoms with Gasteiger partial charge in [0.1, 0.15) is 0 Å². The molecule has 1 amide bonds. The number of rotatable bonds is 3. The molecule has 0 saturated heterocycles. The highest BCUT2D eigenvalue weighted by atomic mass is 16.4. The van der Waals surface area contributed by atoms with Gasteiger partial charge in [-0.3, -0.25) is 14.6 Å². The number of aryl methyl sites for hydroxylation is 2. The van der Waals surface area contributed by atoms with Crippen molar-refractivity contribution in [2.45, 2.75) is 45.6 Å². The number of aliphatic carboxylic acids is 1. The van der Waals surface area contributed by atoms with Crippen LogP contribution in [-0.2, 0) is 4.79 Å². The van der Waals surface area contributed by atoms with Gasteiger partial charge in [-0.2, -0.15) is 0 Å². The molecular weight excluding hydrogens is 256 g/mol. The van der Waals surface area contributed by atoms with Crippen LogP contribution in [0.5, 0.6) is 0 Å². The number of carbonyl (C=O) groups is 2. The predicted molar refractivity (Wildman–Crippen MR) is 74.6 cm³/mol. The zero-order valence-corrected chi connectivity index (χ0v) is 11.8. The third-order valence-electron chi connectivity index (χ3n) is 3.87. The lowest BCUT2D eigenvalue weighted by Crippen LogP contribution is -2.45. The highest BCUT2D eigenvalue weighted by Gasteiger charge is 2.32. The quantitative estimate of drug-likeness (QED) is 0.885. The van der Waals surface area contributed by atoms with Crippen LogP contribution in [0.1, 0.15) is 47.4 Å². The van der Waals surface area contributed by atoms with E-state index in [0.29, 0.717) is 17.7 Å². The van der Waals surface area contributed by atoms with Crippen LogP contribution in [0, 0.1) is 19.8 Å². The molecule has 20 heavy (non-hydrogen) atoms. The van der Waals surface area contributed by atoms with E-state index in [4.69, 9.17) is 0 Å². The van der Waals surface area contributed by atoms with Crippen molar-refractivity contribution in [3.8, 4) is 0 Å². The van der Waals surface area contributed by atoms with Gasteiger partial charge in [0, 0.05) is 11.7 Å². The van der Waals surface area contributed by atoms with Gasteiger partial charge in [-0.1, -0.05) is 12.8 Å². The Labute approximate surface area is 118 Å². The molecule has 1 saturated carbocycles. The van der Waals surface area contributed by atoms with E-state index in [0.717, 1.165) is 25.0 Å². The van der Waals surface area contributed by atoms with E-state index in [1.807, 2.05) is 6.92 Å². The molecule has 5 nitrogen and oxygen atoms in total. The maximum Gasteiger partial charge on any atom is 0.308 e. The molecule has 1 aromatic rings. The van der Waals surface area contributed by atoms with Crippen LogP contribution < -0.4 is 5.32 Å². The third-order valence-corrected chi connectivity index (χ3v) is 3.87. The minimum absolute atomic E-state index is 0.229. The first-order chi connectivity index (χ1) is 9.49. The Bertz CT molecular complexity index is 528. The van der Waals surface area contributed by atoms with Gasteiger partial charge in [0.05, 0.1) is 17.2 Å². The fraction of sp³-hybridized carbons (Fsp3) is 0.533. The Morgan fingerprint density at radius 2 is 1.95 bits per heavy atom. The van der Waals surface area contributed by atoms with E-state index in [1.54, 1.807) is 19.1 Å². The zero-order valence-electron chi connectivity index (χ0n) is 11.8. The number of nitrogens with zero attached hydrogens (tertiary/aromatic N) is 1. The molecule has 5 heteroatoms. The summed E-state index contributed by atoms with van der Waals surface area (Å²) in [4.78, 5) is 27.8. The summed E-state index contributed by atoms with van der Waals surface area (Å²) in [5.74, 6) is -1.53. The smallest absolute Gasteiger partial charge is 0.308 e. The second kappa shape index (κ2) is 6.03. The SMILES string of the molecule is Cc1ccc(C(=O)NC2CCCCC2C(=O)O)c(C)n1. The summed E-state index contributed by atoms with van der Waals surface area (Å²) in [6.45, 7) is 3.66. The lowest BCUT2D eigenvalue weighted by atomic mass is 9.84. The number of amides is 1. The summed E-state index contributed by atoms with van der Waals surface area (Å²) < 4.78 is 0.